The molecule has 1 fully saturated rings. The van der Waals surface area contributed by atoms with E-state index in [4.69, 9.17) is 10.2 Å². The summed E-state index contributed by atoms with van der Waals surface area (Å²) in [6.45, 7) is 7.13. The monoisotopic (exact) mass is 316 g/mol. The minimum Gasteiger partial charge on any atom is -0.481 e. The van der Waals surface area contributed by atoms with Crippen LogP contribution in [0, 0.1) is 0 Å². The van der Waals surface area contributed by atoms with Gasteiger partial charge in [-0.15, -0.1) is 0 Å². The van der Waals surface area contributed by atoms with E-state index in [9.17, 15) is 9.59 Å². The summed E-state index contributed by atoms with van der Waals surface area (Å²) in [6.07, 6.45) is 0.794. The Balaban J connectivity index is 2.46. The second-order valence-electron chi connectivity index (χ2n) is 5.51. The average Bonchev–Trinajstić information content (AvgIpc) is 2.43. The Morgan fingerprint density at radius 3 is 2.00 bits per heavy atom. The van der Waals surface area contributed by atoms with E-state index in [-0.39, 0.29) is 13.0 Å². The van der Waals surface area contributed by atoms with Crippen molar-refractivity contribution >= 4 is 11.9 Å². The van der Waals surface area contributed by atoms with Crippen LogP contribution in [-0.2, 0) is 9.59 Å². The summed E-state index contributed by atoms with van der Waals surface area (Å²) in [5, 5.41) is 24.3. The predicted octanol–water partition coefficient (Wildman–Crippen LogP) is -1.27. The molecule has 1 rings (SSSR count). The molecular formula is C14H28N4O4. The number of carbonyl (C=O) groups is 2. The standard InChI is InChI=1S/C14H28N4O4/c19-13(20)2-1-7-17-8-5-15-3-4-16-6-9-18(11-10-17)12-14(21)22/h15-16H,1-12H2,(H,19,20)(H,21,22). The Bertz CT molecular complexity index is 341. The summed E-state index contributed by atoms with van der Waals surface area (Å²) in [4.78, 5) is 25.7. The highest BCUT2D eigenvalue weighted by molar-refractivity contribution is 5.69. The molecule has 128 valence electrons. The van der Waals surface area contributed by atoms with Crippen molar-refractivity contribution in [3.63, 3.8) is 0 Å². The summed E-state index contributed by atoms with van der Waals surface area (Å²) in [5.74, 6) is -1.59. The Hall–Kier alpha value is -1.22. The molecule has 8 heteroatoms. The largest absolute Gasteiger partial charge is 0.481 e. The Morgan fingerprint density at radius 1 is 0.818 bits per heavy atom. The fourth-order valence-electron chi connectivity index (χ4n) is 2.43. The third kappa shape index (κ3) is 9.67. The molecule has 0 aromatic rings. The van der Waals surface area contributed by atoms with Crippen molar-refractivity contribution in [2.75, 3.05) is 65.4 Å². The van der Waals surface area contributed by atoms with Crippen molar-refractivity contribution in [1.29, 1.82) is 0 Å². The number of rotatable bonds is 6. The Labute approximate surface area is 131 Å². The quantitative estimate of drug-likeness (QED) is 0.481. The van der Waals surface area contributed by atoms with Gasteiger partial charge in [0.1, 0.15) is 0 Å². The van der Waals surface area contributed by atoms with Crippen LogP contribution in [0.4, 0.5) is 0 Å². The lowest BCUT2D eigenvalue weighted by atomic mass is 10.3. The first-order valence-corrected chi connectivity index (χ1v) is 7.87. The van der Waals surface area contributed by atoms with Crippen LogP contribution < -0.4 is 10.6 Å². The third-order valence-corrected chi connectivity index (χ3v) is 3.64. The lowest BCUT2D eigenvalue weighted by Crippen LogP contribution is -2.45. The smallest absolute Gasteiger partial charge is 0.317 e. The molecule has 8 nitrogen and oxygen atoms in total. The van der Waals surface area contributed by atoms with E-state index in [2.05, 4.69) is 15.5 Å². The van der Waals surface area contributed by atoms with E-state index in [1.54, 1.807) is 0 Å². The zero-order valence-electron chi connectivity index (χ0n) is 13.1. The van der Waals surface area contributed by atoms with Gasteiger partial charge >= 0.3 is 11.9 Å². The van der Waals surface area contributed by atoms with Gasteiger partial charge in [0.2, 0.25) is 0 Å². The number of nitrogens with zero attached hydrogens (tertiary/aromatic N) is 2. The van der Waals surface area contributed by atoms with Crippen LogP contribution in [0.3, 0.4) is 0 Å². The number of aliphatic carboxylic acids is 2. The van der Waals surface area contributed by atoms with Crippen LogP contribution in [0.5, 0.6) is 0 Å². The molecule has 0 unspecified atom stereocenters. The van der Waals surface area contributed by atoms with Crippen molar-refractivity contribution in [3.8, 4) is 0 Å². The molecule has 0 aromatic heterocycles. The van der Waals surface area contributed by atoms with Gasteiger partial charge in [0.05, 0.1) is 6.54 Å². The summed E-state index contributed by atoms with van der Waals surface area (Å²) in [6, 6.07) is 0. The highest BCUT2D eigenvalue weighted by atomic mass is 16.4. The Morgan fingerprint density at radius 2 is 1.41 bits per heavy atom. The van der Waals surface area contributed by atoms with Crippen molar-refractivity contribution in [2.45, 2.75) is 12.8 Å². The molecule has 0 amide bonds. The normalized spacial score (nSPS) is 20.0. The number of carboxylic acids is 2. The van der Waals surface area contributed by atoms with Crippen molar-refractivity contribution in [1.82, 2.24) is 20.4 Å². The molecule has 1 aliphatic rings. The van der Waals surface area contributed by atoms with Crippen LogP contribution >= 0.6 is 0 Å². The first-order valence-electron chi connectivity index (χ1n) is 7.87. The zero-order chi connectivity index (χ0) is 16.2. The first kappa shape index (κ1) is 18.8. The van der Waals surface area contributed by atoms with Gasteiger partial charge < -0.3 is 25.7 Å². The molecule has 0 saturated carbocycles. The van der Waals surface area contributed by atoms with Crippen LogP contribution in [0.15, 0.2) is 0 Å². The minimum atomic E-state index is -0.814. The van der Waals surface area contributed by atoms with E-state index >= 15 is 0 Å². The summed E-state index contributed by atoms with van der Waals surface area (Å²) in [5.41, 5.74) is 0. The summed E-state index contributed by atoms with van der Waals surface area (Å²) in [7, 11) is 0. The number of carboxylic acid groups (broad SMARTS) is 2. The molecule has 0 spiro atoms. The molecule has 4 N–H and O–H groups in total. The molecule has 0 aliphatic carbocycles. The number of hydrogen-bond donors (Lipinski definition) is 4. The molecule has 0 radical (unpaired) electrons. The second kappa shape index (κ2) is 11.4. The highest BCUT2D eigenvalue weighted by Crippen LogP contribution is 1.98. The lowest BCUT2D eigenvalue weighted by Gasteiger charge is -2.27. The van der Waals surface area contributed by atoms with Crippen LogP contribution in [-0.4, -0.2) is 97.4 Å². The maximum absolute atomic E-state index is 10.9. The molecule has 0 bridgehead atoms. The van der Waals surface area contributed by atoms with Crippen LogP contribution in [0.25, 0.3) is 0 Å². The van der Waals surface area contributed by atoms with Gasteiger partial charge in [0.25, 0.3) is 0 Å². The van der Waals surface area contributed by atoms with E-state index in [1.807, 2.05) is 4.90 Å². The molecule has 22 heavy (non-hydrogen) atoms. The van der Waals surface area contributed by atoms with Crippen molar-refractivity contribution in [2.24, 2.45) is 0 Å². The van der Waals surface area contributed by atoms with Crippen LogP contribution in [0.2, 0.25) is 0 Å². The van der Waals surface area contributed by atoms with E-state index < -0.39 is 11.9 Å². The van der Waals surface area contributed by atoms with Gasteiger partial charge in [-0.05, 0) is 13.0 Å². The van der Waals surface area contributed by atoms with Crippen molar-refractivity contribution in [3.05, 3.63) is 0 Å². The fraction of sp³-hybridized carbons (Fsp3) is 0.857. The van der Waals surface area contributed by atoms with Gasteiger partial charge in [-0.3, -0.25) is 14.5 Å². The van der Waals surface area contributed by atoms with Crippen LogP contribution in [0.1, 0.15) is 12.8 Å². The molecule has 0 aromatic carbocycles. The zero-order valence-corrected chi connectivity index (χ0v) is 13.1. The molecule has 0 atom stereocenters. The summed E-state index contributed by atoms with van der Waals surface area (Å²) >= 11 is 0. The third-order valence-electron chi connectivity index (χ3n) is 3.64. The van der Waals surface area contributed by atoms with E-state index in [0.29, 0.717) is 19.5 Å². The van der Waals surface area contributed by atoms with Gasteiger partial charge in [0.15, 0.2) is 0 Å². The van der Waals surface area contributed by atoms with Gasteiger partial charge in [-0.25, -0.2) is 0 Å². The topological polar surface area (TPSA) is 105 Å². The fourth-order valence-corrected chi connectivity index (χ4v) is 2.43. The maximum Gasteiger partial charge on any atom is 0.317 e. The van der Waals surface area contributed by atoms with Gasteiger partial charge in [-0.1, -0.05) is 0 Å². The lowest BCUT2D eigenvalue weighted by molar-refractivity contribution is -0.139. The van der Waals surface area contributed by atoms with Gasteiger partial charge in [0, 0.05) is 58.8 Å². The summed E-state index contributed by atoms with van der Waals surface area (Å²) < 4.78 is 0. The maximum atomic E-state index is 10.9. The first-order chi connectivity index (χ1) is 10.6. The van der Waals surface area contributed by atoms with E-state index in [0.717, 1.165) is 45.8 Å². The number of nitrogens with one attached hydrogen (secondary N) is 2. The molecule has 1 saturated heterocycles. The SMILES string of the molecule is O=C(O)CCCN1CCNCCNCCN(CC(=O)O)CC1. The highest BCUT2D eigenvalue weighted by Gasteiger charge is 2.13. The number of hydrogen-bond acceptors (Lipinski definition) is 6. The molecule has 1 aliphatic heterocycles. The predicted molar refractivity (Wildman–Crippen MR) is 83.1 cm³/mol. The average molecular weight is 316 g/mol. The minimum absolute atomic E-state index is 0.0445. The van der Waals surface area contributed by atoms with Crippen molar-refractivity contribution < 1.29 is 19.8 Å². The molecule has 1 heterocycles. The Kier molecular flexibility index (Phi) is 9.72. The van der Waals surface area contributed by atoms with E-state index in [1.165, 1.54) is 0 Å². The molecular weight excluding hydrogens is 288 g/mol. The second-order valence-corrected chi connectivity index (χ2v) is 5.51. The van der Waals surface area contributed by atoms with Gasteiger partial charge in [-0.2, -0.15) is 0 Å².